The fraction of sp³-hybridized carbons (Fsp3) is 0.308. The Morgan fingerprint density at radius 1 is 1.50 bits per heavy atom. The minimum absolute atomic E-state index is 0.125. The molecular weight excluding hydrogens is 344 g/mol. The smallest absolute Gasteiger partial charge is 0.337 e. The Kier molecular flexibility index (Phi) is 4.72. The minimum Gasteiger partial charge on any atom is -0.465 e. The van der Waals surface area contributed by atoms with Gasteiger partial charge in [-0.05, 0) is 24.6 Å². The summed E-state index contributed by atoms with van der Waals surface area (Å²) in [5, 5.41) is 3.27. The van der Waals surface area contributed by atoms with Gasteiger partial charge in [0.2, 0.25) is 5.91 Å². The van der Waals surface area contributed by atoms with E-state index in [9.17, 15) is 9.59 Å². The van der Waals surface area contributed by atoms with Crippen LogP contribution in [0.2, 0.25) is 0 Å². The molecule has 0 fully saturated rings. The molecule has 1 N–H and O–H groups in total. The predicted molar refractivity (Wildman–Crippen MR) is 82.6 cm³/mol. The number of rotatable bonds is 4. The van der Waals surface area contributed by atoms with Crippen LogP contribution >= 0.6 is 27.3 Å². The van der Waals surface area contributed by atoms with E-state index >= 15 is 0 Å². The lowest BCUT2D eigenvalue weighted by Gasteiger charge is -2.04. The Morgan fingerprint density at radius 2 is 2.25 bits per heavy atom. The van der Waals surface area contributed by atoms with Crippen LogP contribution in [0.4, 0.5) is 5.13 Å². The number of anilines is 1. The summed E-state index contributed by atoms with van der Waals surface area (Å²) in [6.07, 6.45) is 0.698. The standard InChI is InChI=1S/C13H13BrN2O3S/c1-3-8(14)11(17)16-13-15-9-5-4-7(12(18)19-2)6-10(9)20-13/h4-6,8H,3H2,1-2H3,(H,15,16,17)/t8-/m0/s1. The second-order valence-corrected chi connectivity index (χ2v) is 6.19. The monoisotopic (exact) mass is 356 g/mol. The summed E-state index contributed by atoms with van der Waals surface area (Å²) in [6, 6.07) is 5.10. The van der Waals surface area contributed by atoms with Crippen molar-refractivity contribution < 1.29 is 14.3 Å². The number of nitrogens with zero attached hydrogens (tertiary/aromatic N) is 1. The summed E-state index contributed by atoms with van der Waals surface area (Å²) < 4.78 is 5.50. The van der Waals surface area contributed by atoms with E-state index in [2.05, 4.69) is 31.0 Å². The van der Waals surface area contributed by atoms with Crippen molar-refractivity contribution in [3.8, 4) is 0 Å². The van der Waals surface area contributed by atoms with Crippen LogP contribution in [0.1, 0.15) is 23.7 Å². The molecule has 0 aliphatic rings. The van der Waals surface area contributed by atoms with Crippen molar-refractivity contribution in [2.45, 2.75) is 18.2 Å². The van der Waals surface area contributed by atoms with Crippen LogP contribution in [0.3, 0.4) is 0 Å². The van der Waals surface area contributed by atoms with E-state index < -0.39 is 5.97 Å². The number of aromatic nitrogens is 1. The molecule has 0 bridgehead atoms. The van der Waals surface area contributed by atoms with Gasteiger partial charge in [-0.25, -0.2) is 9.78 Å². The number of carbonyl (C=O) groups is 2. The van der Waals surface area contributed by atoms with Crippen molar-refractivity contribution in [1.82, 2.24) is 4.98 Å². The number of benzene rings is 1. The van der Waals surface area contributed by atoms with Crippen molar-refractivity contribution >= 4 is 54.5 Å². The maximum Gasteiger partial charge on any atom is 0.337 e. The topological polar surface area (TPSA) is 68.3 Å². The lowest BCUT2D eigenvalue weighted by atomic mass is 10.2. The highest BCUT2D eigenvalue weighted by Gasteiger charge is 2.15. The van der Waals surface area contributed by atoms with Gasteiger partial charge in [0.1, 0.15) is 0 Å². The second-order valence-electron chi connectivity index (χ2n) is 4.06. The maximum atomic E-state index is 11.8. The highest BCUT2D eigenvalue weighted by Crippen LogP contribution is 2.27. The first-order valence-corrected chi connectivity index (χ1v) is 7.72. The fourth-order valence-corrected chi connectivity index (χ4v) is 2.61. The number of carbonyl (C=O) groups excluding carboxylic acids is 2. The molecule has 0 aliphatic carbocycles. The van der Waals surface area contributed by atoms with E-state index in [1.165, 1.54) is 18.4 Å². The first kappa shape index (κ1) is 14.9. The highest BCUT2D eigenvalue weighted by atomic mass is 79.9. The zero-order chi connectivity index (χ0) is 14.7. The van der Waals surface area contributed by atoms with Crippen molar-refractivity contribution in [2.24, 2.45) is 0 Å². The van der Waals surface area contributed by atoms with Crippen LogP contribution < -0.4 is 5.32 Å². The van der Waals surface area contributed by atoms with Gasteiger partial charge in [-0.2, -0.15) is 0 Å². The molecule has 0 aliphatic heterocycles. The second kappa shape index (κ2) is 6.32. The van der Waals surface area contributed by atoms with Gasteiger partial charge >= 0.3 is 5.97 Å². The molecule has 1 atom stereocenters. The van der Waals surface area contributed by atoms with E-state index in [-0.39, 0.29) is 10.7 Å². The zero-order valence-electron chi connectivity index (χ0n) is 11.0. The van der Waals surface area contributed by atoms with Gasteiger partial charge in [0.15, 0.2) is 5.13 Å². The van der Waals surface area contributed by atoms with Crippen LogP contribution in [-0.2, 0) is 9.53 Å². The molecule has 0 radical (unpaired) electrons. The normalized spacial score (nSPS) is 12.2. The van der Waals surface area contributed by atoms with Crippen molar-refractivity contribution in [3.05, 3.63) is 23.8 Å². The van der Waals surface area contributed by atoms with Crippen molar-refractivity contribution in [2.75, 3.05) is 12.4 Å². The lowest BCUT2D eigenvalue weighted by Crippen LogP contribution is -2.21. The maximum absolute atomic E-state index is 11.8. The first-order chi connectivity index (χ1) is 9.55. The molecule has 0 spiro atoms. The number of ether oxygens (including phenoxy) is 1. The minimum atomic E-state index is -0.391. The quantitative estimate of drug-likeness (QED) is 0.674. The largest absolute Gasteiger partial charge is 0.465 e. The first-order valence-electron chi connectivity index (χ1n) is 5.99. The molecule has 20 heavy (non-hydrogen) atoms. The Balaban J connectivity index is 2.25. The number of hydrogen-bond donors (Lipinski definition) is 1. The summed E-state index contributed by atoms with van der Waals surface area (Å²) in [5.74, 6) is -0.517. The number of thiazole rings is 1. The third-order valence-electron chi connectivity index (χ3n) is 2.68. The van der Waals surface area contributed by atoms with E-state index in [0.717, 1.165) is 10.2 Å². The van der Waals surface area contributed by atoms with Gasteiger partial charge in [0.05, 0.1) is 27.7 Å². The van der Waals surface area contributed by atoms with Gasteiger partial charge in [0, 0.05) is 0 Å². The molecule has 106 valence electrons. The third kappa shape index (κ3) is 3.16. The number of fused-ring (bicyclic) bond motifs is 1. The fourth-order valence-electron chi connectivity index (χ4n) is 1.59. The number of hydrogen-bond acceptors (Lipinski definition) is 5. The average molecular weight is 357 g/mol. The van der Waals surface area contributed by atoms with Crippen LogP contribution in [-0.4, -0.2) is 28.8 Å². The Bertz CT molecular complexity index is 656. The molecular formula is C13H13BrN2O3S. The summed E-state index contributed by atoms with van der Waals surface area (Å²) in [4.78, 5) is 27.3. The van der Waals surface area contributed by atoms with Gasteiger partial charge < -0.3 is 10.1 Å². The van der Waals surface area contributed by atoms with Gasteiger partial charge in [-0.3, -0.25) is 4.79 Å². The number of amides is 1. The molecule has 0 saturated carbocycles. The molecule has 2 rings (SSSR count). The lowest BCUT2D eigenvalue weighted by molar-refractivity contribution is -0.115. The van der Waals surface area contributed by atoms with Gasteiger partial charge in [-0.1, -0.05) is 34.2 Å². The molecule has 7 heteroatoms. The van der Waals surface area contributed by atoms with Gasteiger partial charge in [-0.15, -0.1) is 0 Å². The number of nitrogens with one attached hydrogen (secondary N) is 1. The summed E-state index contributed by atoms with van der Waals surface area (Å²) in [7, 11) is 1.34. The molecule has 1 amide bonds. The number of esters is 1. The molecule has 0 saturated heterocycles. The predicted octanol–water partition coefficient (Wildman–Crippen LogP) is 3.19. The molecule has 1 heterocycles. The number of halogens is 1. The summed E-state index contributed by atoms with van der Waals surface area (Å²) in [5.41, 5.74) is 1.20. The van der Waals surface area contributed by atoms with E-state index in [0.29, 0.717) is 17.1 Å². The van der Waals surface area contributed by atoms with Crippen LogP contribution in [0.15, 0.2) is 18.2 Å². The van der Waals surface area contributed by atoms with Crippen LogP contribution in [0.25, 0.3) is 10.2 Å². The van der Waals surface area contributed by atoms with Crippen molar-refractivity contribution in [3.63, 3.8) is 0 Å². The molecule has 1 aromatic heterocycles. The summed E-state index contributed by atoms with van der Waals surface area (Å²) in [6.45, 7) is 1.92. The van der Waals surface area contributed by atoms with Crippen LogP contribution in [0.5, 0.6) is 0 Å². The average Bonchev–Trinajstić information content (AvgIpc) is 2.86. The Hall–Kier alpha value is -1.47. The molecule has 5 nitrogen and oxygen atoms in total. The summed E-state index contributed by atoms with van der Waals surface area (Å²) >= 11 is 4.61. The van der Waals surface area contributed by atoms with E-state index in [4.69, 9.17) is 0 Å². The Labute approximate surface area is 128 Å². The number of alkyl halides is 1. The Morgan fingerprint density at radius 3 is 2.90 bits per heavy atom. The van der Waals surface area contributed by atoms with E-state index in [1.54, 1.807) is 18.2 Å². The SMILES string of the molecule is CC[C@H](Br)C(=O)Nc1nc2ccc(C(=O)OC)cc2s1. The molecule has 2 aromatic rings. The van der Waals surface area contributed by atoms with E-state index in [1.807, 2.05) is 6.92 Å². The highest BCUT2D eigenvalue weighted by molar-refractivity contribution is 9.10. The third-order valence-corrected chi connectivity index (χ3v) is 4.68. The number of methoxy groups -OCH3 is 1. The molecule has 1 aromatic carbocycles. The van der Waals surface area contributed by atoms with Crippen molar-refractivity contribution in [1.29, 1.82) is 0 Å². The molecule has 0 unspecified atom stereocenters. The van der Waals surface area contributed by atoms with Crippen LogP contribution in [0, 0.1) is 0 Å². The van der Waals surface area contributed by atoms with Gasteiger partial charge in [0.25, 0.3) is 0 Å². The zero-order valence-corrected chi connectivity index (χ0v) is 13.4.